The van der Waals surface area contributed by atoms with Crippen molar-refractivity contribution in [3.05, 3.63) is 139 Å². The summed E-state index contributed by atoms with van der Waals surface area (Å²) in [5.74, 6) is -3.39. The van der Waals surface area contributed by atoms with Crippen LogP contribution in [0, 0.1) is 22.7 Å². The lowest BCUT2D eigenvalue weighted by Crippen LogP contribution is -2.59. The average molecular weight is 1040 g/mol. The highest BCUT2D eigenvalue weighted by atomic mass is 35.5. The molecule has 6 rings (SSSR count). The van der Waals surface area contributed by atoms with Crippen LogP contribution in [0.4, 0.5) is 0 Å². The second kappa shape index (κ2) is 22.7. The Morgan fingerprint density at radius 3 is 1.14 bits per heavy atom. The van der Waals surface area contributed by atoms with E-state index in [1.807, 2.05) is 98.2 Å². The Balaban J connectivity index is 0.000000261. The quantitative estimate of drug-likeness (QED) is 0.0864. The number of hydrogen-bond donors (Lipinski definition) is 4. The van der Waals surface area contributed by atoms with E-state index in [9.17, 15) is 39.6 Å². The van der Waals surface area contributed by atoms with Crippen molar-refractivity contribution in [2.24, 2.45) is 22.7 Å². The van der Waals surface area contributed by atoms with E-state index in [1.165, 1.54) is 0 Å². The Labute approximate surface area is 434 Å². The molecule has 2 amide bonds. The molecule has 2 saturated heterocycles. The number of aliphatic carboxylic acids is 2. The number of carboxylic acid groups (broad SMARTS) is 2. The van der Waals surface area contributed by atoms with E-state index in [0.29, 0.717) is 45.8 Å². The molecule has 0 bridgehead atoms. The van der Waals surface area contributed by atoms with E-state index in [0.717, 1.165) is 22.3 Å². The van der Waals surface area contributed by atoms with E-state index >= 15 is 0 Å². The molecule has 0 saturated carbocycles. The van der Waals surface area contributed by atoms with Crippen molar-refractivity contribution in [2.45, 2.75) is 155 Å². The van der Waals surface area contributed by atoms with Crippen molar-refractivity contribution in [1.29, 1.82) is 0 Å². The molecule has 14 heteroatoms. The Kier molecular flexibility index (Phi) is 18.4. The summed E-state index contributed by atoms with van der Waals surface area (Å²) in [4.78, 5) is 56.0. The first-order valence-electron chi connectivity index (χ1n) is 24.1. The van der Waals surface area contributed by atoms with Crippen molar-refractivity contribution in [2.75, 3.05) is 0 Å². The third kappa shape index (κ3) is 12.9. The van der Waals surface area contributed by atoms with Crippen LogP contribution in [-0.4, -0.2) is 77.3 Å². The zero-order valence-electron chi connectivity index (χ0n) is 41.9. The lowest BCUT2D eigenvalue weighted by atomic mass is 9.66. The molecule has 4 aromatic rings. The fourth-order valence-corrected chi connectivity index (χ4v) is 11.7. The molecule has 4 N–H and O–H groups in total. The highest BCUT2D eigenvalue weighted by Crippen LogP contribution is 2.55. The Morgan fingerprint density at radius 2 is 0.886 bits per heavy atom. The number of aliphatic hydroxyl groups is 2. The molecule has 10 nitrogen and oxygen atoms in total. The van der Waals surface area contributed by atoms with Gasteiger partial charge < -0.3 is 30.2 Å². The minimum absolute atomic E-state index is 0.207. The van der Waals surface area contributed by atoms with E-state index in [1.54, 1.807) is 77.9 Å². The number of nitrogens with zero attached hydrogens (tertiary/aromatic N) is 2. The van der Waals surface area contributed by atoms with Crippen LogP contribution in [0.25, 0.3) is 0 Å². The zero-order chi connectivity index (χ0) is 52.3. The smallest absolute Gasteiger partial charge is 0.304 e. The molecular weight excluding hydrogens is 970 g/mol. The van der Waals surface area contributed by atoms with Gasteiger partial charge in [-0.2, -0.15) is 0 Å². The number of rotatable bonds is 16. The number of amides is 2. The van der Waals surface area contributed by atoms with Crippen molar-refractivity contribution in [3.63, 3.8) is 0 Å². The average Bonchev–Trinajstić information content (AvgIpc) is 3.26. The van der Waals surface area contributed by atoms with Gasteiger partial charge in [-0.1, -0.05) is 136 Å². The van der Waals surface area contributed by atoms with E-state index in [2.05, 4.69) is 0 Å². The topological polar surface area (TPSA) is 156 Å². The summed E-state index contributed by atoms with van der Waals surface area (Å²) >= 11 is 25.1. The predicted octanol–water partition coefficient (Wildman–Crippen LogP) is 13.4. The van der Waals surface area contributed by atoms with Crippen molar-refractivity contribution in [3.8, 4) is 0 Å². The van der Waals surface area contributed by atoms with Crippen LogP contribution >= 0.6 is 46.4 Å². The van der Waals surface area contributed by atoms with Gasteiger partial charge in [0.15, 0.2) is 0 Å². The summed E-state index contributed by atoms with van der Waals surface area (Å²) in [5.41, 5.74) is -0.620. The van der Waals surface area contributed by atoms with E-state index in [4.69, 9.17) is 46.4 Å². The first kappa shape index (κ1) is 56.8. The highest BCUT2D eigenvalue weighted by molar-refractivity contribution is 6.31. The van der Waals surface area contributed by atoms with Crippen LogP contribution in [0.1, 0.15) is 154 Å². The molecule has 0 aromatic heterocycles. The van der Waals surface area contributed by atoms with Crippen LogP contribution in [0.2, 0.25) is 20.1 Å². The third-order valence-electron chi connectivity index (χ3n) is 15.2. The maximum atomic E-state index is 14.2. The number of halogens is 4. The lowest BCUT2D eigenvalue weighted by Gasteiger charge is -2.54. The Hall–Kier alpha value is -4.16. The molecule has 2 fully saturated rings. The minimum Gasteiger partial charge on any atom is -0.481 e. The Bertz CT molecular complexity index is 2300. The van der Waals surface area contributed by atoms with E-state index in [-0.39, 0.29) is 72.5 Å². The van der Waals surface area contributed by atoms with Crippen molar-refractivity contribution >= 4 is 70.2 Å². The van der Waals surface area contributed by atoms with Crippen molar-refractivity contribution < 1.29 is 39.6 Å². The molecule has 0 radical (unpaired) electrons. The predicted molar refractivity (Wildman–Crippen MR) is 279 cm³/mol. The fourth-order valence-electron chi connectivity index (χ4n) is 11.0. The van der Waals surface area contributed by atoms with Gasteiger partial charge >= 0.3 is 11.9 Å². The van der Waals surface area contributed by atoms with Gasteiger partial charge in [0.05, 0.1) is 47.0 Å². The third-order valence-corrected chi connectivity index (χ3v) is 16.2. The molecular formula is C56H70Cl4N2O8. The molecule has 2 aliphatic heterocycles. The van der Waals surface area contributed by atoms with Gasteiger partial charge in [0.25, 0.3) is 0 Å². The number of carboxylic acids is 2. The van der Waals surface area contributed by atoms with Gasteiger partial charge in [0, 0.05) is 55.8 Å². The van der Waals surface area contributed by atoms with Crippen molar-refractivity contribution in [1.82, 2.24) is 9.80 Å². The first-order valence-corrected chi connectivity index (χ1v) is 25.6. The molecule has 380 valence electrons. The summed E-state index contributed by atoms with van der Waals surface area (Å²) < 4.78 is 0. The second-order valence-electron chi connectivity index (χ2n) is 21.2. The molecule has 2 heterocycles. The normalized spacial score (nSPS) is 24.8. The molecule has 0 spiro atoms. The van der Waals surface area contributed by atoms with Gasteiger partial charge in [-0.3, -0.25) is 19.2 Å². The SMILES string of the molecule is CC[C@@H]([C@@H](C)C(C)(C)O)N1C(=O)[C@@](C)(CC(=O)O)C[C@H](c2cccc(Cl)c2)C1c1ccc(Cl)cc1.CC[C@@H]([C@H](C)C(C)(C)O)N1C(=O)[C@@](C)(CC(=O)O)C[C@H](c2cccc(Cl)c2)C1c1ccc(Cl)cc1. The highest BCUT2D eigenvalue weighted by Gasteiger charge is 2.55. The molecule has 10 atom stereocenters. The Morgan fingerprint density at radius 1 is 0.571 bits per heavy atom. The summed E-state index contributed by atoms with van der Waals surface area (Å²) in [6.45, 7) is 18.4. The minimum atomic E-state index is -1.12. The standard InChI is InChI=1S/2C28H35Cl2NO4/c2*1-6-23(17(2)27(3,4)35)31-25(18-10-12-20(29)13-11-18)22(19-8-7-9-21(30)14-19)15-28(5,26(31)34)16-24(32)33/h2*7-14,17,22-23,25,35H,6,15-16H2,1-5H3,(H,32,33)/t17-,22+,23-,25?,28+;17-,22-,23+,25?,28-/m01/s1. The van der Waals surface area contributed by atoms with Crippen LogP contribution in [0.3, 0.4) is 0 Å². The number of piperidine rings is 2. The lowest BCUT2D eigenvalue weighted by molar-refractivity contribution is -0.164. The number of carbonyl (C=O) groups excluding carboxylic acids is 2. The van der Waals surface area contributed by atoms with Gasteiger partial charge in [-0.15, -0.1) is 0 Å². The van der Waals surface area contributed by atoms with Crippen LogP contribution < -0.4 is 0 Å². The summed E-state index contributed by atoms with van der Waals surface area (Å²) in [6.07, 6.45) is 1.37. The summed E-state index contributed by atoms with van der Waals surface area (Å²) in [6, 6.07) is 28.6. The van der Waals surface area contributed by atoms with Crippen LogP contribution in [0.15, 0.2) is 97.1 Å². The molecule has 2 unspecified atom stereocenters. The monoisotopic (exact) mass is 1040 g/mol. The number of likely N-dealkylation sites (tertiary alicyclic amines) is 2. The van der Waals surface area contributed by atoms with Crippen LogP contribution in [-0.2, 0) is 19.2 Å². The zero-order valence-corrected chi connectivity index (χ0v) is 45.0. The second-order valence-corrected chi connectivity index (χ2v) is 23.0. The van der Waals surface area contributed by atoms with Gasteiger partial charge in [-0.25, -0.2) is 0 Å². The van der Waals surface area contributed by atoms with Gasteiger partial charge in [0.2, 0.25) is 11.8 Å². The molecule has 4 aromatic carbocycles. The molecule has 2 aliphatic rings. The molecule has 70 heavy (non-hydrogen) atoms. The fraction of sp³-hybridized carbons (Fsp3) is 0.500. The van der Waals surface area contributed by atoms with Gasteiger partial charge in [-0.05, 0) is 124 Å². The first-order chi connectivity index (χ1) is 32.6. The largest absolute Gasteiger partial charge is 0.481 e. The van der Waals surface area contributed by atoms with Gasteiger partial charge in [0.1, 0.15) is 0 Å². The number of hydrogen-bond acceptors (Lipinski definition) is 6. The number of benzene rings is 4. The van der Waals surface area contributed by atoms with Crippen LogP contribution in [0.5, 0.6) is 0 Å². The maximum Gasteiger partial charge on any atom is 0.304 e. The maximum absolute atomic E-state index is 14.2. The molecule has 0 aliphatic carbocycles. The number of carbonyl (C=O) groups is 4. The summed E-state index contributed by atoms with van der Waals surface area (Å²) in [5, 5.41) is 43.7. The summed E-state index contributed by atoms with van der Waals surface area (Å²) in [7, 11) is 0. The van der Waals surface area contributed by atoms with E-state index < -0.39 is 34.0 Å².